The number of ether oxygens (including phenoxy) is 1. The van der Waals surface area contributed by atoms with Crippen molar-refractivity contribution in [1.82, 2.24) is 3.97 Å². The zero-order chi connectivity index (χ0) is 17.2. The second-order valence-electron chi connectivity index (χ2n) is 5.06. The Kier molecular flexibility index (Phi) is 4.22. The monoisotopic (exact) mass is 341 g/mol. The van der Waals surface area contributed by atoms with Crippen LogP contribution in [-0.4, -0.2) is 25.3 Å². The van der Waals surface area contributed by atoms with E-state index >= 15 is 0 Å². The Bertz CT molecular complexity index is 958. The fourth-order valence-electron chi connectivity index (χ4n) is 2.35. The summed E-state index contributed by atoms with van der Waals surface area (Å²) < 4.78 is 31.6. The highest BCUT2D eigenvalue weighted by Gasteiger charge is 2.23. The van der Waals surface area contributed by atoms with E-state index in [4.69, 9.17) is 4.74 Å². The Morgan fingerprint density at radius 1 is 0.917 bits per heavy atom. The SMILES string of the molecule is COc1ccc(C(=O)c2cccn2S(=O)(=O)c2ccccc2)cc1. The number of carbonyl (C=O) groups is 1. The van der Waals surface area contributed by atoms with E-state index in [1.165, 1.54) is 37.6 Å². The van der Waals surface area contributed by atoms with Crippen LogP contribution in [0.5, 0.6) is 5.75 Å². The summed E-state index contributed by atoms with van der Waals surface area (Å²) in [5.74, 6) is 0.251. The Morgan fingerprint density at radius 3 is 2.21 bits per heavy atom. The van der Waals surface area contributed by atoms with Crippen molar-refractivity contribution in [2.24, 2.45) is 0 Å². The van der Waals surface area contributed by atoms with Crippen molar-refractivity contribution in [3.63, 3.8) is 0 Å². The van der Waals surface area contributed by atoms with Gasteiger partial charge in [0.15, 0.2) is 0 Å². The Balaban J connectivity index is 2.02. The summed E-state index contributed by atoms with van der Waals surface area (Å²) in [5.41, 5.74) is 0.475. The van der Waals surface area contributed by atoms with Crippen LogP contribution in [0.2, 0.25) is 0 Å². The molecule has 122 valence electrons. The van der Waals surface area contributed by atoms with Crippen LogP contribution in [0, 0.1) is 0 Å². The lowest BCUT2D eigenvalue weighted by atomic mass is 10.1. The zero-order valence-electron chi connectivity index (χ0n) is 12.9. The van der Waals surface area contributed by atoms with Crippen molar-refractivity contribution in [3.05, 3.63) is 84.2 Å². The maximum Gasteiger partial charge on any atom is 0.268 e. The average molecular weight is 341 g/mol. The standard InChI is InChI=1S/C18H15NO4S/c1-23-15-11-9-14(10-12-15)18(20)17-8-5-13-19(17)24(21,22)16-6-3-2-4-7-16/h2-13H,1H3. The molecule has 0 aliphatic carbocycles. The number of aromatic nitrogens is 1. The molecule has 2 aromatic carbocycles. The van der Waals surface area contributed by atoms with Gasteiger partial charge in [-0.3, -0.25) is 4.79 Å². The van der Waals surface area contributed by atoms with Gasteiger partial charge in [-0.2, -0.15) is 0 Å². The number of hydrogen-bond acceptors (Lipinski definition) is 4. The number of benzene rings is 2. The summed E-state index contributed by atoms with van der Waals surface area (Å²) in [7, 11) is -2.28. The molecule has 3 aromatic rings. The largest absolute Gasteiger partial charge is 0.497 e. The first kappa shape index (κ1) is 16.0. The number of carbonyl (C=O) groups excluding carboxylic acids is 1. The molecule has 0 aliphatic heterocycles. The minimum atomic E-state index is -3.82. The normalized spacial score (nSPS) is 11.2. The maximum absolute atomic E-state index is 12.7. The van der Waals surface area contributed by atoms with Gasteiger partial charge in [-0.1, -0.05) is 18.2 Å². The van der Waals surface area contributed by atoms with Gasteiger partial charge in [0.05, 0.1) is 12.0 Å². The molecule has 0 fully saturated rings. The molecule has 0 unspecified atom stereocenters. The van der Waals surface area contributed by atoms with Crippen LogP contribution in [-0.2, 0) is 10.0 Å². The van der Waals surface area contributed by atoms with Crippen molar-refractivity contribution in [2.45, 2.75) is 4.90 Å². The molecule has 0 N–H and O–H groups in total. The second-order valence-corrected chi connectivity index (χ2v) is 6.88. The molecule has 0 spiro atoms. The highest BCUT2D eigenvalue weighted by Crippen LogP contribution is 2.20. The summed E-state index contributed by atoms with van der Waals surface area (Å²) in [6.45, 7) is 0. The van der Waals surface area contributed by atoms with Gasteiger partial charge < -0.3 is 4.74 Å². The van der Waals surface area contributed by atoms with E-state index in [1.807, 2.05) is 0 Å². The quantitative estimate of drug-likeness (QED) is 0.669. The summed E-state index contributed by atoms with van der Waals surface area (Å²) in [5, 5.41) is 0. The number of hydrogen-bond donors (Lipinski definition) is 0. The van der Waals surface area contributed by atoms with Crippen molar-refractivity contribution >= 4 is 15.8 Å². The van der Waals surface area contributed by atoms with Gasteiger partial charge >= 0.3 is 0 Å². The average Bonchev–Trinajstić information content (AvgIpc) is 3.12. The van der Waals surface area contributed by atoms with E-state index in [2.05, 4.69) is 0 Å². The number of rotatable bonds is 5. The van der Waals surface area contributed by atoms with Crippen molar-refractivity contribution < 1.29 is 17.9 Å². The van der Waals surface area contributed by atoms with Crippen LogP contribution in [0.25, 0.3) is 0 Å². The molecule has 0 saturated heterocycles. The summed E-state index contributed by atoms with van der Waals surface area (Å²) in [6.07, 6.45) is 1.37. The number of nitrogens with zero attached hydrogens (tertiary/aromatic N) is 1. The van der Waals surface area contributed by atoms with Gasteiger partial charge in [0, 0.05) is 11.8 Å². The molecule has 0 radical (unpaired) electrons. The van der Waals surface area contributed by atoms with E-state index in [-0.39, 0.29) is 16.4 Å². The van der Waals surface area contributed by atoms with E-state index < -0.39 is 10.0 Å². The first-order valence-corrected chi connectivity index (χ1v) is 8.65. The van der Waals surface area contributed by atoms with Crippen molar-refractivity contribution in [3.8, 4) is 5.75 Å². The topological polar surface area (TPSA) is 65.4 Å². The fraction of sp³-hybridized carbons (Fsp3) is 0.0556. The van der Waals surface area contributed by atoms with Crippen LogP contribution in [0.15, 0.2) is 77.8 Å². The molecule has 1 heterocycles. The highest BCUT2D eigenvalue weighted by atomic mass is 32.2. The fourth-order valence-corrected chi connectivity index (χ4v) is 3.71. The molecular formula is C18H15NO4S. The Morgan fingerprint density at radius 2 is 1.58 bits per heavy atom. The van der Waals surface area contributed by atoms with Crippen LogP contribution >= 0.6 is 0 Å². The van der Waals surface area contributed by atoms with Crippen LogP contribution < -0.4 is 4.74 Å². The van der Waals surface area contributed by atoms with Gasteiger partial charge in [0.2, 0.25) is 5.78 Å². The third-order valence-electron chi connectivity index (χ3n) is 3.60. The van der Waals surface area contributed by atoms with Crippen LogP contribution in [0.3, 0.4) is 0 Å². The Labute approximate surface area is 140 Å². The molecule has 5 nitrogen and oxygen atoms in total. The predicted octanol–water partition coefficient (Wildman–Crippen LogP) is 2.96. The van der Waals surface area contributed by atoms with E-state index in [9.17, 15) is 13.2 Å². The lowest BCUT2D eigenvalue weighted by molar-refractivity contribution is 0.103. The lowest BCUT2D eigenvalue weighted by Gasteiger charge is -2.10. The minimum absolute atomic E-state index is 0.0871. The molecule has 1 aromatic heterocycles. The van der Waals surface area contributed by atoms with E-state index in [0.29, 0.717) is 11.3 Å². The van der Waals surface area contributed by atoms with Gasteiger partial charge in [-0.25, -0.2) is 12.4 Å². The molecular weight excluding hydrogens is 326 g/mol. The number of methoxy groups -OCH3 is 1. The first-order chi connectivity index (χ1) is 11.5. The van der Waals surface area contributed by atoms with E-state index in [0.717, 1.165) is 3.97 Å². The zero-order valence-corrected chi connectivity index (χ0v) is 13.7. The molecule has 3 rings (SSSR count). The smallest absolute Gasteiger partial charge is 0.268 e. The third-order valence-corrected chi connectivity index (χ3v) is 5.30. The first-order valence-electron chi connectivity index (χ1n) is 7.21. The predicted molar refractivity (Wildman–Crippen MR) is 89.9 cm³/mol. The lowest BCUT2D eigenvalue weighted by Crippen LogP contribution is -2.18. The summed E-state index contributed by atoms with van der Waals surface area (Å²) >= 11 is 0. The van der Waals surface area contributed by atoms with Gasteiger partial charge in [0.25, 0.3) is 10.0 Å². The summed E-state index contributed by atoms with van der Waals surface area (Å²) in [6, 6.07) is 17.6. The summed E-state index contributed by atoms with van der Waals surface area (Å²) in [4.78, 5) is 12.8. The minimum Gasteiger partial charge on any atom is -0.497 e. The van der Waals surface area contributed by atoms with Gasteiger partial charge in [-0.05, 0) is 48.5 Å². The van der Waals surface area contributed by atoms with Crippen molar-refractivity contribution in [1.29, 1.82) is 0 Å². The molecule has 6 heteroatoms. The van der Waals surface area contributed by atoms with Crippen LogP contribution in [0.4, 0.5) is 0 Å². The molecule has 0 amide bonds. The second kappa shape index (κ2) is 6.33. The molecule has 0 atom stereocenters. The maximum atomic E-state index is 12.7. The van der Waals surface area contributed by atoms with Gasteiger partial charge in [0.1, 0.15) is 11.4 Å². The number of ketones is 1. The highest BCUT2D eigenvalue weighted by molar-refractivity contribution is 7.90. The molecule has 0 aliphatic rings. The molecule has 24 heavy (non-hydrogen) atoms. The molecule has 0 saturated carbocycles. The van der Waals surface area contributed by atoms with E-state index in [1.54, 1.807) is 42.5 Å². The third kappa shape index (κ3) is 2.83. The Hall–Kier alpha value is -2.86. The molecule has 0 bridgehead atoms. The van der Waals surface area contributed by atoms with Gasteiger partial charge in [-0.15, -0.1) is 0 Å². The van der Waals surface area contributed by atoms with Crippen LogP contribution in [0.1, 0.15) is 16.1 Å². The van der Waals surface area contributed by atoms with Crippen molar-refractivity contribution in [2.75, 3.05) is 7.11 Å².